The van der Waals surface area contributed by atoms with E-state index in [1.54, 1.807) is 4.31 Å². The summed E-state index contributed by atoms with van der Waals surface area (Å²) in [6, 6.07) is 0. The SMILES string of the molecule is CC1(C)[C@H]2CC[C@@H](CN(C[C@]3(O)CC[C@H]4[C@]56C=C[C@@]7(C=C5C(=O)C5CCCCC5)CC(O)CC[C@]7(C)[C@H]6CC[C@@]43C)S(C)(=O)=O)[C@@H]1C2. The summed E-state index contributed by atoms with van der Waals surface area (Å²) < 4.78 is 28.7. The maximum Gasteiger partial charge on any atom is 0.211 e. The quantitative estimate of drug-likeness (QED) is 0.284. The summed E-state index contributed by atoms with van der Waals surface area (Å²) in [5, 5.41) is 23.9. The lowest BCUT2D eigenvalue weighted by Gasteiger charge is -2.71. The third-order valence-electron chi connectivity index (χ3n) is 17.3. The van der Waals surface area contributed by atoms with E-state index in [4.69, 9.17) is 0 Å². The van der Waals surface area contributed by atoms with Gasteiger partial charge in [0.1, 0.15) is 0 Å². The molecular formula is C40H61NO5S. The molecule has 0 heterocycles. The van der Waals surface area contributed by atoms with Crippen molar-refractivity contribution in [3.05, 3.63) is 23.8 Å². The Morgan fingerprint density at radius 3 is 2.26 bits per heavy atom. The number of allylic oxidation sites excluding steroid dienone is 4. The van der Waals surface area contributed by atoms with E-state index in [1.165, 1.54) is 25.5 Å². The molecular weight excluding hydrogens is 607 g/mol. The number of carbonyl (C=O) groups is 1. The van der Waals surface area contributed by atoms with Crippen molar-refractivity contribution in [3.63, 3.8) is 0 Å². The van der Waals surface area contributed by atoms with Gasteiger partial charge in [0.25, 0.3) is 0 Å². The molecule has 7 heteroatoms. The number of hydrogen-bond acceptors (Lipinski definition) is 5. The first-order valence-corrected chi connectivity index (χ1v) is 21.2. The minimum Gasteiger partial charge on any atom is -0.393 e. The first kappa shape index (κ1) is 33.1. The maximum absolute atomic E-state index is 14.8. The third kappa shape index (κ3) is 4.36. The Hall–Kier alpha value is -1.02. The Kier molecular flexibility index (Phi) is 7.41. The van der Waals surface area contributed by atoms with Crippen LogP contribution in [0.1, 0.15) is 124 Å². The molecule has 10 aliphatic rings. The fourth-order valence-corrected chi connectivity index (χ4v) is 15.2. The van der Waals surface area contributed by atoms with E-state index in [0.717, 1.165) is 75.7 Å². The van der Waals surface area contributed by atoms with Gasteiger partial charge < -0.3 is 10.2 Å². The molecule has 0 radical (unpaired) electrons. The number of Topliss-reactive ketones (excluding diaryl/α,β-unsaturated/α-hetero) is 1. The van der Waals surface area contributed by atoms with Crippen molar-refractivity contribution in [1.82, 2.24) is 4.31 Å². The Morgan fingerprint density at radius 1 is 0.894 bits per heavy atom. The lowest BCUT2D eigenvalue weighted by atomic mass is 9.32. The van der Waals surface area contributed by atoms with Crippen molar-refractivity contribution in [3.8, 4) is 0 Å². The molecule has 0 aromatic heterocycles. The van der Waals surface area contributed by atoms with Gasteiger partial charge in [0, 0.05) is 40.8 Å². The van der Waals surface area contributed by atoms with Crippen LogP contribution in [0.3, 0.4) is 0 Å². The highest BCUT2D eigenvalue weighted by atomic mass is 32.2. The Bertz CT molecular complexity index is 1490. The lowest BCUT2D eigenvalue weighted by molar-refractivity contribution is -0.178. The summed E-state index contributed by atoms with van der Waals surface area (Å²) in [5.74, 6) is 2.38. The number of aliphatic hydroxyl groups is 2. The second kappa shape index (κ2) is 10.5. The van der Waals surface area contributed by atoms with E-state index in [-0.39, 0.29) is 46.6 Å². The van der Waals surface area contributed by atoms with Gasteiger partial charge in [-0.2, -0.15) is 4.31 Å². The van der Waals surface area contributed by atoms with Crippen LogP contribution in [0.2, 0.25) is 0 Å². The zero-order valence-electron chi connectivity index (χ0n) is 29.8. The fourth-order valence-electron chi connectivity index (χ4n) is 14.3. The number of carbonyl (C=O) groups excluding carboxylic acids is 1. The zero-order valence-corrected chi connectivity index (χ0v) is 30.6. The van der Waals surface area contributed by atoms with Crippen LogP contribution in [0.5, 0.6) is 0 Å². The number of hydrogen-bond donors (Lipinski definition) is 2. The molecule has 6 nitrogen and oxygen atoms in total. The van der Waals surface area contributed by atoms with E-state index < -0.39 is 26.5 Å². The number of ketones is 1. The van der Waals surface area contributed by atoms with Gasteiger partial charge in [-0.3, -0.25) is 4.79 Å². The second-order valence-electron chi connectivity index (χ2n) is 19.3. The fraction of sp³-hybridized carbons (Fsp3) is 0.875. The summed E-state index contributed by atoms with van der Waals surface area (Å²) in [6.07, 6.45) is 22.5. The predicted octanol–water partition coefficient (Wildman–Crippen LogP) is 7.06. The minimum atomic E-state index is -3.53. The molecule has 262 valence electrons. The van der Waals surface area contributed by atoms with E-state index in [0.29, 0.717) is 37.0 Å². The van der Waals surface area contributed by atoms with Crippen molar-refractivity contribution in [2.24, 2.45) is 62.6 Å². The Balaban J connectivity index is 1.16. The van der Waals surface area contributed by atoms with E-state index in [9.17, 15) is 23.4 Å². The topological polar surface area (TPSA) is 94.9 Å². The summed E-state index contributed by atoms with van der Waals surface area (Å²) >= 11 is 0. The van der Waals surface area contributed by atoms with Gasteiger partial charge >= 0.3 is 0 Å². The third-order valence-corrected chi connectivity index (χ3v) is 18.5. The first-order chi connectivity index (χ1) is 22.0. The molecule has 47 heavy (non-hydrogen) atoms. The molecule has 2 spiro atoms. The van der Waals surface area contributed by atoms with Crippen LogP contribution in [0.15, 0.2) is 23.8 Å². The summed E-state index contributed by atoms with van der Waals surface area (Å²) in [7, 11) is -3.53. The number of aliphatic hydroxyl groups excluding tert-OH is 1. The highest BCUT2D eigenvalue weighted by Gasteiger charge is 2.74. The van der Waals surface area contributed by atoms with E-state index >= 15 is 0 Å². The highest BCUT2D eigenvalue weighted by molar-refractivity contribution is 7.88. The Labute approximate surface area is 284 Å². The number of nitrogens with zero attached hydrogens (tertiary/aromatic N) is 1. The largest absolute Gasteiger partial charge is 0.393 e. The molecule has 11 atom stereocenters. The molecule has 0 aliphatic heterocycles. The van der Waals surface area contributed by atoms with Crippen molar-refractivity contribution < 1.29 is 23.4 Å². The molecule has 0 saturated heterocycles. The van der Waals surface area contributed by atoms with Crippen LogP contribution < -0.4 is 0 Å². The molecule has 7 saturated carbocycles. The normalized spacial score (nSPS) is 49.9. The van der Waals surface area contributed by atoms with Crippen molar-refractivity contribution >= 4 is 15.8 Å². The summed E-state index contributed by atoms with van der Waals surface area (Å²) in [4.78, 5) is 14.8. The minimum absolute atomic E-state index is 0.0490. The smallest absolute Gasteiger partial charge is 0.211 e. The first-order valence-electron chi connectivity index (χ1n) is 19.3. The lowest BCUT2D eigenvalue weighted by Crippen LogP contribution is -2.67. The summed E-state index contributed by atoms with van der Waals surface area (Å²) in [5.41, 5.74) is -1.21. The summed E-state index contributed by atoms with van der Waals surface area (Å²) in [6.45, 7) is 10.1. The van der Waals surface area contributed by atoms with Gasteiger partial charge in [-0.15, -0.1) is 0 Å². The van der Waals surface area contributed by atoms with Crippen LogP contribution >= 0.6 is 0 Å². The average molecular weight is 668 g/mol. The molecule has 7 fully saturated rings. The molecule has 0 aromatic carbocycles. The standard InChI is InChI=1S/C40H61NO5S/c1-35(2)28-12-11-27(30(35)21-28)24-41(47(5,45)46)25-39(44)18-15-33-37(39,4)17-14-32-36(3)16-13-29(42)22-38(36)19-20-40(32,33)31(23-38)34(43)26-9-7-6-8-10-26/h19-20,23,26-30,32-33,42,44H,6-18,21-22,24-25H2,1-5H3/t27-,28-,29?,30-,32+,33+,36+,37-,38-,39+,40+/m0/s1. The molecule has 10 rings (SSSR count). The van der Waals surface area contributed by atoms with E-state index in [1.807, 2.05) is 0 Å². The average Bonchev–Trinajstić information content (AvgIpc) is 3.30. The van der Waals surface area contributed by atoms with Gasteiger partial charge in [-0.25, -0.2) is 8.42 Å². The van der Waals surface area contributed by atoms with Crippen molar-refractivity contribution in [1.29, 1.82) is 0 Å². The molecule has 0 aromatic rings. The monoisotopic (exact) mass is 667 g/mol. The van der Waals surface area contributed by atoms with Gasteiger partial charge in [-0.1, -0.05) is 65.2 Å². The van der Waals surface area contributed by atoms with Crippen molar-refractivity contribution in [2.75, 3.05) is 19.3 Å². The number of rotatable bonds is 7. The number of sulfonamides is 1. The maximum atomic E-state index is 14.8. The van der Waals surface area contributed by atoms with Crippen LogP contribution in [-0.2, 0) is 14.8 Å². The zero-order chi connectivity index (χ0) is 33.4. The second-order valence-corrected chi connectivity index (χ2v) is 21.2. The van der Waals surface area contributed by atoms with E-state index in [2.05, 4.69) is 45.9 Å². The van der Waals surface area contributed by atoms with Crippen LogP contribution in [0, 0.1) is 62.6 Å². The van der Waals surface area contributed by atoms with Crippen LogP contribution in [-0.4, -0.2) is 59.8 Å². The van der Waals surface area contributed by atoms with Crippen LogP contribution in [0.25, 0.3) is 0 Å². The van der Waals surface area contributed by atoms with Crippen molar-refractivity contribution in [2.45, 2.75) is 136 Å². The van der Waals surface area contributed by atoms with Gasteiger partial charge in [0.2, 0.25) is 10.0 Å². The van der Waals surface area contributed by atoms with Gasteiger partial charge in [0.15, 0.2) is 5.78 Å². The van der Waals surface area contributed by atoms with Gasteiger partial charge in [0.05, 0.1) is 18.0 Å². The number of fused-ring (bicyclic) bond motifs is 3. The molecule has 4 bridgehead atoms. The predicted molar refractivity (Wildman–Crippen MR) is 185 cm³/mol. The van der Waals surface area contributed by atoms with Crippen LogP contribution in [0.4, 0.5) is 0 Å². The highest BCUT2D eigenvalue weighted by Crippen LogP contribution is 2.78. The molecule has 0 amide bonds. The van der Waals surface area contributed by atoms with Gasteiger partial charge in [-0.05, 0) is 117 Å². The molecule has 1 unspecified atom stereocenters. The Morgan fingerprint density at radius 2 is 1.57 bits per heavy atom. The molecule has 2 N–H and O–H groups in total. The molecule has 10 aliphatic carbocycles.